The summed E-state index contributed by atoms with van der Waals surface area (Å²) in [5, 5.41) is 8.80. The first-order valence-corrected chi connectivity index (χ1v) is 12.0. The van der Waals surface area contributed by atoms with Crippen molar-refractivity contribution in [2.75, 3.05) is 46.2 Å². The summed E-state index contributed by atoms with van der Waals surface area (Å²) >= 11 is 1.46. The van der Waals surface area contributed by atoms with Crippen LogP contribution in [0.2, 0.25) is 0 Å². The molecule has 0 radical (unpaired) electrons. The zero-order valence-electron chi connectivity index (χ0n) is 16.8. The van der Waals surface area contributed by atoms with Crippen LogP contribution < -0.4 is 0 Å². The van der Waals surface area contributed by atoms with E-state index in [-0.39, 0.29) is 10.8 Å². The van der Waals surface area contributed by atoms with Crippen LogP contribution in [0.4, 0.5) is 0 Å². The highest BCUT2D eigenvalue weighted by Crippen LogP contribution is 2.28. The molecule has 3 aromatic rings. The van der Waals surface area contributed by atoms with E-state index in [9.17, 15) is 13.2 Å². The Balaban J connectivity index is 1.48. The summed E-state index contributed by atoms with van der Waals surface area (Å²) in [7, 11) is -0.595. The van der Waals surface area contributed by atoms with E-state index in [0.29, 0.717) is 67.0 Å². The van der Waals surface area contributed by atoms with Gasteiger partial charge in [-0.3, -0.25) is 4.79 Å². The maximum atomic E-state index is 12.5. The molecule has 1 aromatic carbocycles. The van der Waals surface area contributed by atoms with Gasteiger partial charge in [-0.2, -0.15) is 0 Å². The molecule has 1 aliphatic heterocycles. The summed E-state index contributed by atoms with van der Waals surface area (Å²) in [6.07, 6.45) is 1.16. The molecule has 1 amide bonds. The second-order valence-electron chi connectivity index (χ2n) is 7.06. The number of nitrogens with zero attached hydrogens (tertiary/aromatic N) is 5. The molecule has 0 spiro atoms. The van der Waals surface area contributed by atoms with Crippen molar-refractivity contribution < 1.29 is 22.4 Å². The van der Waals surface area contributed by atoms with Gasteiger partial charge in [0.15, 0.2) is 10.7 Å². The van der Waals surface area contributed by atoms with E-state index in [1.807, 2.05) is 4.90 Å². The van der Waals surface area contributed by atoms with E-state index in [1.165, 1.54) is 36.2 Å². The highest BCUT2D eigenvalue weighted by atomic mass is 32.2. The molecule has 0 saturated carbocycles. The van der Waals surface area contributed by atoms with Crippen LogP contribution in [-0.4, -0.2) is 84.3 Å². The lowest BCUT2D eigenvalue weighted by molar-refractivity contribution is -0.135. The number of carbonyl (C=O) groups is 1. The van der Waals surface area contributed by atoms with Crippen LogP contribution in [0.1, 0.15) is 12.8 Å². The molecule has 30 heavy (non-hydrogen) atoms. The van der Waals surface area contributed by atoms with E-state index in [4.69, 9.17) is 9.15 Å². The average molecular weight is 454 g/mol. The molecule has 0 N–H and O–H groups in total. The third-order valence-electron chi connectivity index (χ3n) is 4.88. The number of morpholine rings is 1. The summed E-state index contributed by atoms with van der Waals surface area (Å²) < 4.78 is 38.8. The minimum atomic E-state index is -3.57. The number of rotatable bonds is 7. The fourth-order valence-electron chi connectivity index (χ4n) is 3.21. The summed E-state index contributed by atoms with van der Waals surface area (Å²) in [6, 6.07) is 4.70. The number of carbonyl (C=O) groups excluding carboxylic acids is 1. The summed E-state index contributed by atoms with van der Waals surface area (Å²) in [5.74, 6) is 1.12. The SMILES string of the molecule is CN(C)S(=O)(=O)c1ccc2oc3nnc(SCCCC(=O)N4CCOCC4)n3c2c1. The minimum absolute atomic E-state index is 0.137. The molecule has 2 aromatic heterocycles. The van der Waals surface area contributed by atoms with Gasteiger partial charge in [0.1, 0.15) is 0 Å². The largest absolute Gasteiger partial charge is 0.422 e. The molecule has 1 aliphatic rings. The lowest BCUT2D eigenvalue weighted by Gasteiger charge is -2.26. The van der Waals surface area contributed by atoms with Gasteiger partial charge >= 0.3 is 5.84 Å². The minimum Gasteiger partial charge on any atom is -0.422 e. The van der Waals surface area contributed by atoms with Crippen molar-refractivity contribution in [3.8, 4) is 0 Å². The lowest BCUT2D eigenvalue weighted by atomic mass is 10.3. The van der Waals surface area contributed by atoms with Gasteiger partial charge in [-0.05, 0) is 24.6 Å². The zero-order valence-corrected chi connectivity index (χ0v) is 18.4. The molecule has 0 unspecified atom stereocenters. The first kappa shape index (κ1) is 21.1. The highest BCUT2D eigenvalue weighted by molar-refractivity contribution is 7.99. The van der Waals surface area contributed by atoms with Crippen LogP contribution in [0.3, 0.4) is 0 Å². The van der Waals surface area contributed by atoms with Crippen molar-refractivity contribution in [2.45, 2.75) is 22.9 Å². The summed E-state index contributed by atoms with van der Waals surface area (Å²) in [5.41, 5.74) is 1.12. The molecule has 12 heteroatoms. The summed E-state index contributed by atoms with van der Waals surface area (Å²) in [4.78, 5) is 14.2. The maximum absolute atomic E-state index is 12.5. The predicted molar refractivity (Wildman–Crippen MR) is 111 cm³/mol. The Morgan fingerprint density at radius 1 is 1.23 bits per heavy atom. The molecule has 0 atom stereocenters. The Labute approximate surface area is 178 Å². The molecule has 10 nitrogen and oxygen atoms in total. The molecule has 162 valence electrons. The van der Waals surface area contributed by atoms with Gasteiger partial charge in [0.2, 0.25) is 15.9 Å². The first-order chi connectivity index (χ1) is 14.4. The van der Waals surface area contributed by atoms with Crippen LogP contribution in [0.25, 0.3) is 16.9 Å². The average Bonchev–Trinajstić information content (AvgIpc) is 3.30. The quantitative estimate of drug-likeness (QED) is 0.391. The van der Waals surface area contributed by atoms with Gasteiger partial charge in [0.05, 0.1) is 23.6 Å². The summed E-state index contributed by atoms with van der Waals surface area (Å²) in [6.45, 7) is 2.49. The molecule has 1 fully saturated rings. The number of hydrogen-bond acceptors (Lipinski definition) is 8. The van der Waals surface area contributed by atoms with Gasteiger partial charge < -0.3 is 14.1 Å². The Kier molecular flexibility index (Phi) is 6.00. The Hall–Kier alpha value is -2.15. The van der Waals surface area contributed by atoms with Gasteiger partial charge in [-0.15, -0.1) is 5.10 Å². The Morgan fingerprint density at radius 3 is 2.73 bits per heavy atom. The number of thioether (sulfide) groups is 1. The fourth-order valence-corrected chi connectivity index (χ4v) is 5.01. The lowest BCUT2D eigenvalue weighted by Crippen LogP contribution is -2.40. The topological polar surface area (TPSA) is 110 Å². The Bertz CT molecular complexity index is 1160. The molecule has 1 saturated heterocycles. The van der Waals surface area contributed by atoms with E-state index in [0.717, 1.165) is 0 Å². The first-order valence-electron chi connectivity index (χ1n) is 9.56. The normalized spacial score (nSPS) is 15.5. The van der Waals surface area contributed by atoms with Crippen molar-refractivity contribution in [3.05, 3.63) is 18.2 Å². The number of fused-ring (bicyclic) bond motifs is 3. The number of benzene rings is 1. The highest BCUT2D eigenvalue weighted by Gasteiger charge is 2.21. The van der Waals surface area contributed by atoms with Crippen molar-refractivity contribution in [1.29, 1.82) is 0 Å². The fraction of sp³-hybridized carbons (Fsp3) is 0.500. The van der Waals surface area contributed by atoms with Crippen molar-refractivity contribution in [2.24, 2.45) is 0 Å². The molecule has 3 heterocycles. The van der Waals surface area contributed by atoms with Crippen molar-refractivity contribution in [1.82, 2.24) is 23.8 Å². The molecular formula is C18H23N5O5S2. The van der Waals surface area contributed by atoms with Crippen LogP contribution >= 0.6 is 11.8 Å². The van der Waals surface area contributed by atoms with Crippen LogP contribution in [0.15, 0.2) is 32.7 Å². The standard InChI is InChI=1S/C18H23N5O5S2/c1-21(2)30(25,26)13-5-6-15-14(12-13)23-17(28-15)19-20-18(23)29-11-3-4-16(24)22-7-9-27-10-8-22/h5-6,12H,3-4,7-11H2,1-2H3. The van der Waals surface area contributed by atoms with Gasteiger partial charge in [0, 0.05) is 39.4 Å². The maximum Gasteiger partial charge on any atom is 0.328 e. The van der Waals surface area contributed by atoms with E-state index >= 15 is 0 Å². The Morgan fingerprint density at radius 2 is 2.00 bits per heavy atom. The second-order valence-corrected chi connectivity index (χ2v) is 10.3. The van der Waals surface area contributed by atoms with E-state index < -0.39 is 10.0 Å². The third-order valence-corrected chi connectivity index (χ3v) is 7.71. The van der Waals surface area contributed by atoms with Crippen LogP contribution in [0.5, 0.6) is 0 Å². The number of aromatic nitrogens is 3. The van der Waals surface area contributed by atoms with E-state index in [2.05, 4.69) is 10.2 Å². The predicted octanol–water partition coefficient (Wildman–Crippen LogP) is 1.46. The van der Waals surface area contributed by atoms with Gasteiger partial charge in [-0.25, -0.2) is 17.1 Å². The number of sulfonamides is 1. The van der Waals surface area contributed by atoms with Crippen molar-refractivity contribution in [3.63, 3.8) is 0 Å². The van der Waals surface area contributed by atoms with E-state index in [1.54, 1.807) is 16.5 Å². The monoisotopic (exact) mass is 453 g/mol. The van der Waals surface area contributed by atoms with Crippen molar-refractivity contribution >= 4 is 44.6 Å². The molecule has 4 rings (SSSR count). The third kappa shape index (κ3) is 4.04. The van der Waals surface area contributed by atoms with Crippen LogP contribution in [-0.2, 0) is 19.6 Å². The smallest absolute Gasteiger partial charge is 0.328 e. The number of ether oxygens (including phenoxy) is 1. The molecule has 0 bridgehead atoms. The number of hydrogen-bond donors (Lipinski definition) is 0. The number of oxazole rings is 1. The number of amides is 1. The van der Waals surface area contributed by atoms with Crippen LogP contribution in [0, 0.1) is 0 Å². The molecule has 0 aliphatic carbocycles. The zero-order chi connectivity index (χ0) is 21.3. The second kappa shape index (κ2) is 8.53. The van der Waals surface area contributed by atoms with Gasteiger partial charge in [-0.1, -0.05) is 16.9 Å². The van der Waals surface area contributed by atoms with Gasteiger partial charge in [0.25, 0.3) is 0 Å². The molecular weight excluding hydrogens is 430 g/mol.